The van der Waals surface area contributed by atoms with Gasteiger partial charge < -0.3 is 14.6 Å². The van der Waals surface area contributed by atoms with Gasteiger partial charge in [0.1, 0.15) is 5.82 Å². The highest BCUT2D eigenvalue weighted by Gasteiger charge is 2.17. The first-order valence-electron chi connectivity index (χ1n) is 11.5. The van der Waals surface area contributed by atoms with Gasteiger partial charge in [-0.2, -0.15) is 0 Å². The number of amides is 1. The summed E-state index contributed by atoms with van der Waals surface area (Å²) >= 11 is 0. The summed E-state index contributed by atoms with van der Waals surface area (Å²) in [5, 5.41) is 4.74. The van der Waals surface area contributed by atoms with E-state index in [4.69, 9.17) is 4.74 Å². The van der Waals surface area contributed by atoms with Crippen LogP contribution in [0.3, 0.4) is 0 Å². The van der Waals surface area contributed by atoms with Crippen molar-refractivity contribution in [3.05, 3.63) is 113 Å². The van der Waals surface area contributed by atoms with Gasteiger partial charge in [-0.25, -0.2) is 9.18 Å². The van der Waals surface area contributed by atoms with E-state index < -0.39 is 5.97 Å². The molecule has 5 aromatic rings. The standard InChI is InChI=1S/C29H24FN3O3/c1-18(19-6-8-21(9-7-19)29(35)36-2)31-28(34)25-5-3-4-20-14-15-33(27(20)25)17-24-12-10-22-16-23(30)11-13-26(22)32-24/h3-16,18H,17H2,1-2H3,(H,31,34)/t18-/m0/s1. The maximum Gasteiger partial charge on any atom is 0.337 e. The fraction of sp³-hybridized carbons (Fsp3) is 0.138. The predicted molar refractivity (Wildman–Crippen MR) is 136 cm³/mol. The van der Waals surface area contributed by atoms with Gasteiger partial charge >= 0.3 is 5.97 Å². The fourth-order valence-corrected chi connectivity index (χ4v) is 4.36. The van der Waals surface area contributed by atoms with Gasteiger partial charge in [-0.05, 0) is 61.0 Å². The maximum absolute atomic E-state index is 13.5. The van der Waals surface area contributed by atoms with Gasteiger partial charge in [-0.15, -0.1) is 0 Å². The van der Waals surface area contributed by atoms with E-state index in [0.717, 1.165) is 33.1 Å². The van der Waals surface area contributed by atoms with Crippen LogP contribution < -0.4 is 5.32 Å². The number of hydrogen-bond donors (Lipinski definition) is 1. The molecular formula is C29H24FN3O3. The molecule has 0 saturated carbocycles. The van der Waals surface area contributed by atoms with Gasteiger partial charge in [0, 0.05) is 17.0 Å². The number of halogens is 1. The molecule has 6 nitrogen and oxygen atoms in total. The predicted octanol–water partition coefficient (Wildman–Crippen LogP) is 5.65. The zero-order valence-electron chi connectivity index (χ0n) is 19.9. The SMILES string of the molecule is COC(=O)c1ccc([C@H](C)NC(=O)c2cccc3ccn(Cc4ccc5cc(F)ccc5n4)c23)cc1. The van der Waals surface area contributed by atoms with Crippen LogP contribution in [0.25, 0.3) is 21.8 Å². The molecular weight excluding hydrogens is 457 g/mol. The molecule has 0 aliphatic carbocycles. The Balaban J connectivity index is 1.40. The van der Waals surface area contributed by atoms with E-state index in [9.17, 15) is 14.0 Å². The number of nitrogens with one attached hydrogen (secondary N) is 1. The Labute approximate surface area is 207 Å². The number of benzene rings is 3. The number of pyridine rings is 1. The third-order valence-electron chi connectivity index (χ3n) is 6.25. The maximum atomic E-state index is 13.5. The Kier molecular flexibility index (Phi) is 6.21. The Morgan fingerprint density at radius 1 is 1.00 bits per heavy atom. The van der Waals surface area contributed by atoms with Crippen molar-refractivity contribution in [2.75, 3.05) is 7.11 Å². The Bertz CT molecular complexity index is 1590. The first-order valence-corrected chi connectivity index (χ1v) is 11.5. The van der Waals surface area contributed by atoms with Crippen LogP contribution in [0.2, 0.25) is 0 Å². The Morgan fingerprint density at radius 2 is 1.81 bits per heavy atom. The molecule has 0 bridgehead atoms. The number of para-hydroxylation sites is 1. The van der Waals surface area contributed by atoms with Crippen molar-refractivity contribution in [3.8, 4) is 0 Å². The van der Waals surface area contributed by atoms with Crippen LogP contribution in [0, 0.1) is 5.82 Å². The lowest BCUT2D eigenvalue weighted by molar-refractivity contribution is 0.0600. The molecule has 36 heavy (non-hydrogen) atoms. The van der Waals surface area contributed by atoms with Crippen molar-refractivity contribution in [3.63, 3.8) is 0 Å². The van der Waals surface area contributed by atoms with E-state index >= 15 is 0 Å². The van der Waals surface area contributed by atoms with Crippen LogP contribution >= 0.6 is 0 Å². The number of aromatic nitrogens is 2. The van der Waals surface area contributed by atoms with E-state index in [1.807, 2.05) is 48.0 Å². The van der Waals surface area contributed by atoms with Gasteiger partial charge in [-0.3, -0.25) is 9.78 Å². The van der Waals surface area contributed by atoms with Crippen LogP contribution in [0.1, 0.15) is 44.9 Å². The average Bonchev–Trinajstić information content (AvgIpc) is 3.31. The van der Waals surface area contributed by atoms with E-state index in [0.29, 0.717) is 17.7 Å². The molecule has 5 rings (SSSR count). The van der Waals surface area contributed by atoms with Crippen LogP contribution in [0.15, 0.2) is 85.1 Å². The van der Waals surface area contributed by atoms with Crippen molar-refractivity contribution in [1.82, 2.24) is 14.9 Å². The minimum absolute atomic E-state index is 0.202. The normalized spacial score (nSPS) is 12.0. The van der Waals surface area contributed by atoms with Gasteiger partial charge in [0.2, 0.25) is 0 Å². The molecule has 2 aromatic heterocycles. The number of rotatable bonds is 6. The lowest BCUT2D eigenvalue weighted by Gasteiger charge is -2.16. The summed E-state index contributed by atoms with van der Waals surface area (Å²) in [6.07, 6.45) is 1.94. The highest BCUT2D eigenvalue weighted by molar-refractivity contribution is 6.06. The van der Waals surface area contributed by atoms with Crippen LogP contribution in [0.4, 0.5) is 4.39 Å². The molecule has 2 heterocycles. The number of esters is 1. The Morgan fingerprint density at radius 3 is 2.58 bits per heavy atom. The second-order valence-corrected chi connectivity index (χ2v) is 8.64. The molecule has 7 heteroatoms. The van der Waals surface area contributed by atoms with Crippen LogP contribution in [-0.2, 0) is 11.3 Å². The number of carbonyl (C=O) groups is 2. The molecule has 180 valence electrons. The highest BCUT2D eigenvalue weighted by atomic mass is 19.1. The zero-order chi connectivity index (χ0) is 25.2. The van der Waals surface area contributed by atoms with E-state index in [-0.39, 0.29) is 17.8 Å². The summed E-state index contributed by atoms with van der Waals surface area (Å²) in [4.78, 5) is 29.7. The average molecular weight is 482 g/mol. The molecule has 0 saturated heterocycles. The zero-order valence-corrected chi connectivity index (χ0v) is 19.9. The lowest BCUT2D eigenvalue weighted by Crippen LogP contribution is -2.27. The van der Waals surface area contributed by atoms with Crippen molar-refractivity contribution in [1.29, 1.82) is 0 Å². The molecule has 0 aliphatic rings. The van der Waals surface area contributed by atoms with E-state index in [2.05, 4.69) is 10.3 Å². The molecule has 0 fully saturated rings. The van der Waals surface area contributed by atoms with E-state index in [1.165, 1.54) is 19.2 Å². The summed E-state index contributed by atoms with van der Waals surface area (Å²) in [6.45, 7) is 2.36. The monoisotopic (exact) mass is 481 g/mol. The lowest BCUT2D eigenvalue weighted by atomic mass is 10.0. The van der Waals surface area contributed by atoms with Crippen LogP contribution in [-0.4, -0.2) is 28.5 Å². The van der Waals surface area contributed by atoms with E-state index in [1.54, 1.807) is 36.4 Å². The molecule has 3 aromatic carbocycles. The van der Waals surface area contributed by atoms with Gasteiger partial charge in [0.25, 0.3) is 5.91 Å². The molecule has 1 atom stereocenters. The molecule has 1 amide bonds. The fourth-order valence-electron chi connectivity index (χ4n) is 4.36. The number of methoxy groups -OCH3 is 1. The first-order chi connectivity index (χ1) is 17.4. The summed E-state index contributed by atoms with van der Waals surface area (Å²) in [5.74, 6) is -0.900. The molecule has 0 spiro atoms. The number of fused-ring (bicyclic) bond motifs is 2. The molecule has 0 radical (unpaired) electrons. The second kappa shape index (κ2) is 9.62. The first kappa shape index (κ1) is 23.2. The number of hydrogen-bond acceptors (Lipinski definition) is 4. The number of nitrogens with zero attached hydrogens (tertiary/aromatic N) is 2. The summed E-state index contributed by atoms with van der Waals surface area (Å²) in [5.41, 5.74) is 4.21. The topological polar surface area (TPSA) is 73.2 Å². The van der Waals surface area contributed by atoms with Gasteiger partial charge in [-0.1, -0.05) is 30.3 Å². The summed E-state index contributed by atoms with van der Waals surface area (Å²) in [6, 6.07) is 22.6. The minimum Gasteiger partial charge on any atom is -0.465 e. The highest BCUT2D eigenvalue weighted by Crippen LogP contribution is 2.24. The number of ether oxygens (including phenoxy) is 1. The van der Waals surface area contributed by atoms with Gasteiger partial charge in [0.05, 0.1) is 47.6 Å². The largest absolute Gasteiger partial charge is 0.465 e. The van der Waals surface area contributed by atoms with Crippen molar-refractivity contribution in [2.45, 2.75) is 19.5 Å². The van der Waals surface area contributed by atoms with Crippen molar-refractivity contribution in [2.24, 2.45) is 0 Å². The molecule has 0 aliphatic heterocycles. The second-order valence-electron chi connectivity index (χ2n) is 8.64. The van der Waals surface area contributed by atoms with Crippen molar-refractivity contribution < 1.29 is 18.7 Å². The van der Waals surface area contributed by atoms with Crippen LogP contribution in [0.5, 0.6) is 0 Å². The Hall–Kier alpha value is -4.52. The molecule has 1 N–H and O–H groups in total. The number of carbonyl (C=O) groups excluding carboxylic acids is 2. The van der Waals surface area contributed by atoms with Crippen molar-refractivity contribution >= 4 is 33.7 Å². The summed E-state index contributed by atoms with van der Waals surface area (Å²) in [7, 11) is 1.34. The van der Waals surface area contributed by atoms with Gasteiger partial charge in [0.15, 0.2) is 0 Å². The summed E-state index contributed by atoms with van der Waals surface area (Å²) < 4.78 is 20.3. The smallest absolute Gasteiger partial charge is 0.337 e. The minimum atomic E-state index is -0.404. The molecule has 0 unspecified atom stereocenters. The quantitative estimate of drug-likeness (QED) is 0.318. The third-order valence-corrected chi connectivity index (χ3v) is 6.25. The third kappa shape index (κ3) is 4.55.